The number of nitrogens with zero attached hydrogens (tertiary/aromatic N) is 1. The van der Waals surface area contributed by atoms with Gasteiger partial charge in [0.25, 0.3) is 0 Å². The number of hydrogen-bond acceptors (Lipinski definition) is 1. The zero-order chi connectivity index (χ0) is 45.9. The number of para-hydroxylation sites is 2. The van der Waals surface area contributed by atoms with E-state index < -0.39 is 0 Å². The Morgan fingerprint density at radius 2 is 0.536 bits per heavy atom. The van der Waals surface area contributed by atoms with Crippen molar-refractivity contribution in [3.63, 3.8) is 0 Å². The largest absolute Gasteiger partial charge is 0.309 e. The zero-order valence-electron chi connectivity index (χ0n) is 38.1. The molecule has 0 atom stereocenters. The van der Waals surface area contributed by atoms with E-state index in [0.717, 1.165) is 44.9 Å². The zero-order valence-corrected chi connectivity index (χ0v) is 38.1. The molecule has 0 aliphatic carbocycles. The van der Waals surface area contributed by atoms with Gasteiger partial charge in [0.1, 0.15) is 0 Å². The first-order valence-electron chi connectivity index (χ1n) is 23.8. The summed E-state index contributed by atoms with van der Waals surface area (Å²) < 4.78 is 0. The fourth-order valence-corrected chi connectivity index (χ4v) is 10.4. The lowest BCUT2D eigenvalue weighted by molar-refractivity contribution is 1.28. The Labute approximate surface area is 404 Å². The molecule has 0 heterocycles. The quantitative estimate of drug-likeness (QED) is 0.124. The Bertz CT molecular complexity index is 3730. The van der Waals surface area contributed by atoms with E-state index in [1.54, 1.807) is 0 Å². The van der Waals surface area contributed by atoms with Crippen LogP contribution in [0, 0.1) is 0 Å². The van der Waals surface area contributed by atoms with E-state index >= 15 is 0 Å². The van der Waals surface area contributed by atoms with Gasteiger partial charge >= 0.3 is 0 Å². The second kappa shape index (κ2) is 18.3. The van der Waals surface area contributed by atoms with Crippen molar-refractivity contribution in [2.75, 3.05) is 4.90 Å². The lowest BCUT2D eigenvalue weighted by Gasteiger charge is -2.30. The highest BCUT2D eigenvalue weighted by Gasteiger charge is 2.23. The first kappa shape index (κ1) is 41.4. The summed E-state index contributed by atoms with van der Waals surface area (Å²) in [6, 6.07) is 104. The van der Waals surface area contributed by atoms with Gasteiger partial charge in [-0.25, -0.2) is 0 Å². The normalized spacial score (nSPS) is 11.2. The van der Waals surface area contributed by atoms with Gasteiger partial charge in [0.05, 0.1) is 11.4 Å². The molecule has 12 aromatic rings. The van der Waals surface area contributed by atoms with Gasteiger partial charge in [0.2, 0.25) is 0 Å². The van der Waals surface area contributed by atoms with Gasteiger partial charge in [0.15, 0.2) is 0 Å². The molecular formula is C68H47N. The molecule has 0 saturated carbocycles. The lowest BCUT2D eigenvalue weighted by atomic mass is 9.84. The summed E-state index contributed by atoms with van der Waals surface area (Å²) in [4.78, 5) is 2.46. The smallest absolute Gasteiger partial charge is 0.0540 e. The van der Waals surface area contributed by atoms with Gasteiger partial charge in [-0.2, -0.15) is 0 Å². The highest BCUT2D eigenvalue weighted by Crippen LogP contribution is 2.49. The molecule has 324 valence electrons. The first-order valence-corrected chi connectivity index (χ1v) is 23.8. The van der Waals surface area contributed by atoms with Crippen molar-refractivity contribution < 1.29 is 0 Å². The number of anilines is 3. The minimum atomic E-state index is 1.07. The van der Waals surface area contributed by atoms with Gasteiger partial charge in [-0.15, -0.1) is 0 Å². The number of rotatable bonds is 10. The molecule has 1 heteroatoms. The number of fused-ring (bicyclic) bond motifs is 3. The molecule has 0 spiro atoms. The summed E-state index contributed by atoms with van der Waals surface area (Å²) in [5.41, 5.74) is 19.9. The fourth-order valence-electron chi connectivity index (χ4n) is 10.4. The van der Waals surface area contributed by atoms with Crippen LogP contribution in [-0.2, 0) is 0 Å². The molecule has 0 N–H and O–H groups in total. The van der Waals surface area contributed by atoms with Crippen LogP contribution in [0.3, 0.4) is 0 Å². The Hall–Kier alpha value is -9.04. The van der Waals surface area contributed by atoms with Crippen molar-refractivity contribution in [2.24, 2.45) is 0 Å². The summed E-state index contributed by atoms with van der Waals surface area (Å²) in [5, 5.41) is 4.95. The summed E-state index contributed by atoms with van der Waals surface area (Å²) in [6.07, 6.45) is 0. The Kier molecular flexibility index (Phi) is 11.0. The maximum absolute atomic E-state index is 2.46. The van der Waals surface area contributed by atoms with Crippen LogP contribution in [0.5, 0.6) is 0 Å². The van der Waals surface area contributed by atoms with Gasteiger partial charge in [-0.3, -0.25) is 0 Å². The first-order chi connectivity index (χ1) is 34.3. The Morgan fingerprint density at radius 3 is 1.07 bits per heavy atom. The van der Waals surface area contributed by atoms with E-state index in [-0.39, 0.29) is 0 Å². The molecule has 0 aliphatic heterocycles. The fraction of sp³-hybridized carbons (Fsp3) is 0. The van der Waals surface area contributed by atoms with Crippen LogP contribution in [0.25, 0.3) is 99.4 Å². The second-order valence-electron chi connectivity index (χ2n) is 17.5. The minimum Gasteiger partial charge on any atom is -0.309 e. The molecule has 1 nitrogen and oxygen atoms in total. The van der Waals surface area contributed by atoms with E-state index in [0.29, 0.717) is 0 Å². The van der Waals surface area contributed by atoms with Gasteiger partial charge in [-0.1, -0.05) is 255 Å². The molecule has 0 saturated heterocycles. The van der Waals surface area contributed by atoms with E-state index in [2.05, 4.69) is 290 Å². The summed E-state index contributed by atoms with van der Waals surface area (Å²) in [5.74, 6) is 0. The highest BCUT2D eigenvalue weighted by molar-refractivity contribution is 6.22. The lowest BCUT2D eigenvalue weighted by Crippen LogP contribution is -2.12. The van der Waals surface area contributed by atoms with Crippen LogP contribution in [0.2, 0.25) is 0 Å². The molecule has 69 heavy (non-hydrogen) atoms. The van der Waals surface area contributed by atoms with Crippen LogP contribution in [0.1, 0.15) is 0 Å². The third-order valence-corrected chi connectivity index (χ3v) is 13.5. The molecule has 0 fully saturated rings. The average molecular weight is 878 g/mol. The molecule has 12 rings (SSSR count). The summed E-state index contributed by atoms with van der Waals surface area (Å²) >= 11 is 0. The van der Waals surface area contributed by atoms with Crippen LogP contribution >= 0.6 is 0 Å². The van der Waals surface area contributed by atoms with Crippen molar-refractivity contribution in [3.8, 4) is 77.9 Å². The number of benzene rings is 12. The van der Waals surface area contributed by atoms with E-state index in [9.17, 15) is 0 Å². The molecule has 0 bridgehead atoms. The predicted octanol–water partition coefficient (Wildman–Crippen LogP) is 19.1. The van der Waals surface area contributed by atoms with Gasteiger partial charge in [0, 0.05) is 16.8 Å². The van der Waals surface area contributed by atoms with E-state index in [1.165, 1.54) is 71.6 Å². The molecule has 0 amide bonds. The van der Waals surface area contributed by atoms with Crippen molar-refractivity contribution >= 4 is 38.6 Å². The minimum absolute atomic E-state index is 1.07. The van der Waals surface area contributed by atoms with Crippen LogP contribution in [-0.4, -0.2) is 0 Å². The van der Waals surface area contributed by atoms with E-state index in [4.69, 9.17) is 0 Å². The predicted molar refractivity (Wildman–Crippen MR) is 294 cm³/mol. The molecule has 0 aromatic heterocycles. The van der Waals surface area contributed by atoms with Crippen LogP contribution in [0.4, 0.5) is 17.1 Å². The van der Waals surface area contributed by atoms with Crippen molar-refractivity contribution in [3.05, 3.63) is 285 Å². The van der Waals surface area contributed by atoms with Crippen molar-refractivity contribution in [1.29, 1.82) is 0 Å². The van der Waals surface area contributed by atoms with Crippen molar-refractivity contribution in [2.45, 2.75) is 0 Å². The third-order valence-electron chi connectivity index (χ3n) is 13.5. The Morgan fingerprint density at radius 1 is 0.188 bits per heavy atom. The molecule has 0 radical (unpaired) electrons. The third kappa shape index (κ3) is 7.76. The summed E-state index contributed by atoms with van der Waals surface area (Å²) in [7, 11) is 0. The van der Waals surface area contributed by atoms with Crippen LogP contribution < -0.4 is 4.90 Å². The average Bonchev–Trinajstić information content (AvgIpc) is 3.44. The monoisotopic (exact) mass is 877 g/mol. The standard InChI is InChI=1S/C68H47N/c1-6-23-48(24-7-1)56-33-18-20-39-64(56)69(55-44-41-50(42-45-55)59-38-22-37-58(49-25-8-2-9-26-49)66(59)51-27-10-3-11-28-51)65-40-21-19-34-57(65)54-43-46-61-60-35-16-17-36-62(60)67(52-29-12-4-13-30-52)68(63(61)47-54)53-31-14-5-15-32-53/h1-47H. The molecule has 0 unspecified atom stereocenters. The Balaban J connectivity index is 1.07. The van der Waals surface area contributed by atoms with E-state index in [1.807, 2.05) is 0 Å². The second-order valence-corrected chi connectivity index (χ2v) is 17.5. The SMILES string of the molecule is c1ccc(-c2ccccc2N(c2ccc(-c3cccc(-c4ccccc4)c3-c3ccccc3)cc2)c2ccccc2-c2ccc3c(c2)c(-c2ccccc2)c(-c2ccccc2)c2ccccc23)cc1. The number of hydrogen-bond donors (Lipinski definition) is 0. The maximum Gasteiger partial charge on any atom is 0.0540 e. The van der Waals surface area contributed by atoms with Crippen molar-refractivity contribution in [1.82, 2.24) is 0 Å². The van der Waals surface area contributed by atoms with Gasteiger partial charge < -0.3 is 4.90 Å². The maximum atomic E-state index is 2.46. The molecule has 0 aliphatic rings. The highest BCUT2D eigenvalue weighted by atomic mass is 15.1. The molecular weight excluding hydrogens is 831 g/mol. The van der Waals surface area contributed by atoms with Crippen LogP contribution in [0.15, 0.2) is 285 Å². The topological polar surface area (TPSA) is 3.24 Å². The molecule has 12 aromatic carbocycles. The summed E-state index contributed by atoms with van der Waals surface area (Å²) in [6.45, 7) is 0. The van der Waals surface area contributed by atoms with Gasteiger partial charge in [-0.05, 0) is 119 Å².